The van der Waals surface area contributed by atoms with Crippen molar-refractivity contribution in [1.82, 2.24) is 15.0 Å². The minimum absolute atomic E-state index is 0.136. The summed E-state index contributed by atoms with van der Waals surface area (Å²) in [6, 6.07) is 2.64. The average molecular weight is 318 g/mol. The SMILES string of the molecule is CCCc1c(C(=O)O)nnn1-c1cc(Cl)c(F)c(Cl)c1. The second kappa shape index (κ2) is 5.76. The lowest BCUT2D eigenvalue weighted by Crippen LogP contribution is -2.07. The molecular weight excluding hydrogens is 308 g/mol. The molecule has 5 nitrogen and oxygen atoms in total. The normalized spacial score (nSPS) is 10.8. The highest BCUT2D eigenvalue weighted by Gasteiger charge is 2.20. The van der Waals surface area contributed by atoms with Gasteiger partial charge in [0.1, 0.15) is 0 Å². The fourth-order valence-electron chi connectivity index (χ4n) is 1.80. The second-order valence-corrected chi connectivity index (χ2v) is 4.89. The van der Waals surface area contributed by atoms with Crippen LogP contribution in [-0.4, -0.2) is 26.1 Å². The zero-order valence-corrected chi connectivity index (χ0v) is 11.9. The summed E-state index contributed by atoms with van der Waals surface area (Å²) < 4.78 is 14.7. The molecule has 0 fully saturated rings. The monoisotopic (exact) mass is 317 g/mol. The first kappa shape index (κ1) is 14.7. The number of halogens is 3. The number of carboxylic acid groups (broad SMARTS) is 1. The predicted octanol–water partition coefficient (Wildman–Crippen LogP) is 3.36. The van der Waals surface area contributed by atoms with E-state index in [0.717, 1.165) is 0 Å². The first-order valence-corrected chi connectivity index (χ1v) is 6.54. The molecule has 0 amide bonds. The summed E-state index contributed by atoms with van der Waals surface area (Å²) in [5, 5.41) is 16.2. The van der Waals surface area contributed by atoms with Crippen molar-refractivity contribution in [2.45, 2.75) is 19.8 Å². The van der Waals surface area contributed by atoms with E-state index in [2.05, 4.69) is 10.3 Å². The number of benzene rings is 1. The largest absolute Gasteiger partial charge is 0.476 e. The van der Waals surface area contributed by atoms with Crippen LogP contribution in [0.4, 0.5) is 4.39 Å². The predicted molar refractivity (Wildman–Crippen MR) is 72.3 cm³/mol. The molecule has 8 heteroatoms. The van der Waals surface area contributed by atoms with Crippen molar-refractivity contribution in [1.29, 1.82) is 0 Å². The lowest BCUT2D eigenvalue weighted by Gasteiger charge is -2.08. The molecule has 0 bridgehead atoms. The van der Waals surface area contributed by atoms with Crippen LogP contribution in [0.25, 0.3) is 5.69 Å². The van der Waals surface area contributed by atoms with Crippen molar-refractivity contribution < 1.29 is 14.3 Å². The quantitative estimate of drug-likeness (QED) is 0.878. The maximum atomic E-state index is 13.4. The molecule has 0 unspecified atom stereocenters. The standard InChI is InChI=1S/C12H10Cl2FN3O2/c1-2-3-9-11(12(19)20)16-17-18(9)6-4-7(13)10(15)8(14)5-6/h4-5H,2-3H2,1H3,(H,19,20). The van der Waals surface area contributed by atoms with Crippen LogP contribution in [0, 0.1) is 5.82 Å². The topological polar surface area (TPSA) is 68.0 Å². The van der Waals surface area contributed by atoms with Crippen LogP contribution < -0.4 is 0 Å². The average Bonchev–Trinajstić information content (AvgIpc) is 2.79. The van der Waals surface area contributed by atoms with Crippen LogP contribution in [0.5, 0.6) is 0 Å². The van der Waals surface area contributed by atoms with E-state index in [1.165, 1.54) is 16.8 Å². The third-order valence-electron chi connectivity index (χ3n) is 2.67. The van der Waals surface area contributed by atoms with E-state index in [-0.39, 0.29) is 15.7 Å². The molecular formula is C12H10Cl2FN3O2. The van der Waals surface area contributed by atoms with Crippen molar-refractivity contribution in [3.8, 4) is 5.69 Å². The highest BCUT2D eigenvalue weighted by atomic mass is 35.5. The Balaban J connectivity index is 2.60. The van der Waals surface area contributed by atoms with Crippen LogP contribution in [-0.2, 0) is 6.42 Å². The highest BCUT2D eigenvalue weighted by molar-refractivity contribution is 6.35. The zero-order chi connectivity index (χ0) is 14.9. The molecule has 0 spiro atoms. The molecule has 0 atom stereocenters. The van der Waals surface area contributed by atoms with E-state index in [1.807, 2.05) is 6.92 Å². The molecule has 0 aliphatic carbocycles. The van der Waals surface area contributed by atoms with E-state index >= 15 is 0 Å². The van der Waals surface area contributed by atoms with Crippen molar-refractivity contribution in [2.75, 3.05) is 0 Å². The Morgan fingerprint density at radius 2 is 2.00 bits per heavy atom. The Labute approximate surface area is 123 Å². The molecule has 0 saturated carbocycles. The van der Waals surface area contributed by atoms with Gasteiger partial charge in [0.15, 0.2) is 11.5 Å². The van der Waals surface area contributed by atoms with Crippen LogP contribution in [0.1, 0.15) is 29.5 Å². The van der Waals surface area contributed by atoms with Crippen LogP contribution in [0.3, 0.4) is 0 Å². The Hall–Kier alpha value is -1.66. The van der Waals surface area contributed by atoms with E-state index in [9.17, 15) is 9.18 Å². The molecule has 2 rings (SSSR count). The van der Waals surface area contributed by atoms with Gasteiger partial charge in [-0.1, -0.05) is 41.8 Å². The number of nitrogens with zero attached hydrogens (tertiary/aromatic N) is 3. The summed E-state index contributed by atoms with van der Waals surface area (Å²) in [7, 11) is 0. The van der Waals surface area contributed by atoms with Gasteiger partial charge in [-0.3, -0.25) is 0 Å². The molecule has 1 aromatic heterocycles. The van der Waals surface area contributed by atoms with Gasteiger partial charge in [0.25, 0.3) is 0 Å². The summed E-state index contributed by atoms with van der Waals surface area (Å²) >= 11 is 11.5. The Morgan fingerprint density at radius 1 is 1.40 bits per heavy atom. The lowest BCUT2D eigenvalue weighted by molar-refractivity contribution is 0.0689. The van der Waals surface area contributed by atoms with Crippen molar-refractivity contribution >= 4 is 29.2 Å². The molecule has 1 aromatic carbocycles. The number of rotatable bonds is 4. The van der Waals surface area contributed by atoms with Crippen molar-refractivity contribution in [3.05, 3.63) is 39.4 Å². The maximum absolute atomic E-state index is 13.4. The molecule has 106 valence electrons. The maximum Gasteiger partial charge on any atom is 0.358 e. The van der Waals surface area contributed by atoms with Gasteiger partial charge in [0.05, 0.1) is 21.4 Å². The lowest BCUT2D eigenvalue weighted by atomic mass is 10.2. The van der Waals surface area contributed by atoms with Gasteiger partial charge in [0.2, 0.25) is 0 Å². The van der Waals surface area contributed by atoms with Crippen LogP contribution in [0.2, 0.25) is 10.0 Å². The van der Waals surface area contributed by atoms with Gasteiger partial charge < -0.3 is 5.11 Å². The Morgan fingerprint density at radius 3 is 2.50 bits per heavy atom. The van der Waals surface area contributed by atoms with Gasteiger partial charge in [-0.25, -0.2) is 13.9 Å². The fraction of sp³-hybridized carbons (Fsp3) is 0.250. The second-order valence-electron chi connectivity index (χ2n) is 4.08. The summed E-state index contributed by atoms with van der Waals surface area (Å²) in [4.78, 5) is 11.1. The minimum Gasteiger partial charge on any atom is -0.476 e. The molecule has 0 saturated heterocycles. The first-order chi connectivity index (χ1) is 9.45. The molecule has 0 aliphatic rings. The van der Waals surface area contributed by atoms with Gasteiger partial charge >= 0.3 is 5.97 Å². The van der Waals surface area contributed by atoms with E-state index < -0.39 is 11.8 Å². The fourth-order valence-corrected chi connectivity index (χ4v) is 2.28. The van der Waals surface area contributed by atoms with Crippen LogP contribution in [0.15, 0.2) is 12.1 Å². The van der Waals surface area contributed by atoms with Crippen molar-refractivity contribution in [2.24, 2.45) is 0 Å². The summed E-state index contributed by atoms with van der Waals surface area (Å²) in [5.41, 5.74) is 0.645. The van der Waals surface area contributed by atoms with E-state index in [4.69, 9.17) is 28.3 Å². The first-order valence-electron chi connectivity index (χ1n) is 5.78. The summed E-state index contributed by atoms with van der Waals surface area (Å²) in [5.74, 6) is -1.90. The number of hydrogen-bond donors (Lipinski definition) is 1. The van der Waals surface area contributed by atoms with E-state index in [0.29, 0.717) is 24.2 Å². The van der Waals surface area contributed by atoms with Crippen LogP contribution >= 0.6 is 23.2 Å². The van der Waals surface area contributed by atoms with Gasteiger partial charge in [0, 0.05) is 0 Å². The number of carbonyl (C=O) groups is 1. The summed E-state index contributed by atoms with van der Waals surface area (Å²) in [6.45, 7) is 1.90. The molecule has 20 heavy (non-hydrogen) atoms. The molecule has 0 radical (unpaired) electrons. The summed E-state index contributed by atoms with van der Waals surface area (Å²) in [6.07, 6.45) is 1.16. The third kappa shape index (κ3) is 2.62. The molecule has 1 N–H and O–H groups in total. The number of hydrogen-bond acceptors (Lipinski definition) is 3. The number of aromatic carboxylic acids is 1. The number of carboxylic acids is 1. The Kier molecular flexibility index (Phi) is 4.25. The van der Waals surface area contributed by atoms with Gasteiger partial charge in [-0.05, 0) is 18.6 Å². The third-order valence-corrected chi connectivity index (χ3v) is 3.22. The van der Waals surface area contributed by atoms with Gasteiger partial charge in [-0.2, -0.15) is 0 Å². The van der Waals surface area contributed by atoms with E-state index in [1.54, 1.807) is 0 Å². The van der Waals surface area contributed by atoms with Crippen molar-refractivity contribution in [3.63, 3.8) is 0 Å². The van der Waals surface area contributed by atoms with Gasteiger partial charge in [-0.15, -0.1) is 5.10 Å². The Bertz CT molecular complexity index is 650. The molecule has 0 aliphatic heterocycles. The molecule has 1 heterocycles. The minimum atomic E-state index is -1.17. The smallest absolute Gasteiger partial charge is 0.358 e. The molecule has 2 aromatic rings. The highest BCUT2D eigenvalue weighted by Crippen LogP contribution is 2.27. The number of aromatic nitrogens is 3. The zero-order valence-electron chi connectivity index (χ0n) is 10.4.